The zero-order valence-corrected chi connectivity index (χ0v) is 13.6. The Balaban J connectivity index is 1.76. The second-order valence-electron chi connectivity index (χ2n) is 5.95. The fraction of sp³-hybridized carbons (Fsp3) is 0.429. The predicted molar refractivity (Wildman–Crippen MR) is 78.5 cm³/mol. The third-order valence-corrected chi connectivity index (χ3v) is 6.41. The average molecular weight is 378 g/mol. The molecule has 1 aromatic carbocycles. The summed E-state index contributed by atoms with van der Waals surface area (Å²) in [5.41, 5.74) is 0.366. The number of hydrogen-bond donors (Lipinski definition) is 0. The number of halogens is 4. The summed E-state index contributed by atoms with van der Waals surface area (Å²) in [7, 11) is -4.02. The molecule has 0 saturated heterocycles. The minimum Gasteiger partial charge on any atom is -0.246 e. The van der Waals surface area contributed by atoms with Crippen LogP contribution in [-0.2, 0) is 9.84 Å². The van der Waals surface area contributed by atoms with Crippen molar-refractivity contribution in [2.24, 2.45) is 0 Å². The van der Waals surface area contributed by atoms with E-state index in [1.54, 1.807) is 0 Å². The summed E-state index contributed by atoms with van der Waals surface area (Å²) >= 11 is 5.82. The lowest BCUT2D eigenvalue weighted by Gasteiger charge is -2.12. The molecule has 2 aliphatic rings. The van der Waals surface area contributed by atoms with Gasteiger partial charge in [0, 0.05) is 11.4 Å². The molecule has 2 heterocycles. The van der Waals surface area contributed by atoms with Gasteiger partial charge in [0.2, 0.25) is 9.84 Å². The lowest BCUT2D eigenvalue weighted by Crippen LogP contribution is -2.14. The van der Waals surface area contributed by atoms with E-state index in [-0.39, 0.29) is 23.7 Å². The van der Waals surface area contributed by atoms with Crippen LogP contribution in [0.5, 0.6) is 0 Å². The van der Waals surface area contributed by atoms with E-state index in [0.29, 0.717) is 5.56 Å². The first-order valence-corrected chi connectivity index (χ1v) is 9.14. The highest BCUT2D eigenvalue weighted by Crippen LogP contribution is 2.42. The van der Waals surface area contributed by atoms with E-state index >= 15 is 0 Å². The highest BCUT2D eigenvalue weighted by molar-refractivity contribution is 7.92. The van der Waals surface area contributed by atoms with Gasteiger partial charge in [-0.25, -0.2) is 26.3 Å². The quantitative estimate of drug-likeness (QED) is 0.825. The Bertz CT molecular complexity index is 913. The number of alkyl halides is 2. The van der Waals surface area contributed by atoms with Gasteiger partial charge in [0.25, 0.3) is 5.16 Å². The molecular formula is C14H11ClF3N3O2S. The van der Waals surface area contributed by atoms with Crippen LogP contribution in [0.1, 0.15) is 36.4 Å². The van der Waals surface area contributed by atoms with Crippen LogP contribution in [0.25, 0.3) is 0 Å². The third kappa shape index (κ3) is 2.41. The van der Waals surface area contributed by atoms with Crippen LogP contribution in [0.4, 0.5) is 13.2 Å². The van der Waals surface area contributed by atoms with Gasteiger partial charge in [0.1, 0.15) is 17.2 Å². The van der Waals surface area contributed by atoms with Crippen LogP contribution in [0.2, 0.25) is 5.02 Å². The maximum atomic E-state index is 14.2. The van der Waals surface area contributed by atoms with Crippen molar-refractivity contribution in [3.8, 4) is 0 Å². The molecule has 0 N–H and O–H groups in total. The van der Waals surface area contributed by atoms with Gasteiger partial charge >= 0.3 is 0 Å². The van der Waals surface area contributed by atoms with Gasteiger partial charge in [-0.1, -0.05) is 11.6 Å². The molecule has 1 fully saturated rings. The molecule has 1 aromatic heterocycles. The van der Waals surface area contributed by atoms with Gasteiger partial charge in [0.05, 0.1) is 6.04 Å². The highest BCUT2D eigenvalue weighted by Gasteiger charge is 2.51. The largest absolute Gasteiger partial charge is 0.267 e. The summed E-state index contributed by atoms with van der Waals surface area (Å²) in [6.07, 6.45) is -3.14. The lowest BCUT2D eigenvalue weighted by molar-refractivity contribution is 0.326. The molecule has 1 aliphatic heterocycles. The molecular weight excluding hydrogens is 367 g/mol. The third-order valence-electron chi connectivity index (χ3n) is 4.22. The van der Waals surface area contributed by atoms with Crippen molar-refractivity contribution in [3.63, 3.8) is 0 Å². The molecule has 128 valence electrons. The SMILES string of the molecule is O=S(=O)(c1nc2n(n1)[C@H](c1cc(F)cc(Cl)c1)C[C@@H]2F)[C@H]1C[C@@H]1F. The molecule has 0 unspecified atom stereocenters. The van der Waals surface area contributed by atoms with Gasteiger partial charge < -0.3 is 0 Å². The van der Waals surface area contributed by atoms with Gasteiger partial charge in [-0.3, -0.25) is 0 Å². The van der Waals surface area contributed by atoms with Crippen LogP contribution in [0, 0.1) is 5.82 Å². The summed E-state index contributed by atoms with van der Waals surface area (Å²) in [4.78, 5) is 3.76. The summed E-state index contributed by atoms with van der Waals surface area (Å²) in [6.45, 7) is 0. The van der Waals surface area contributed by atoms with E-state index in [0.717, 1.165) is 10.7 Å². The average Bonchev–Trinajstić information content (AvgIpc) is 2.94. The van der Waals surface area contributed by atoms with Crippen LogP contribution < -0.4 is 0 Å². The first kappa shape index (κ1) is 15.9. The van der Waals surface area contributed by atoms with Crippen LogP contribution in [0.3, 0.4) is 0 Å². The molecule has 24 heavy (non-hydrogen) atoms. The van der Waals surface area contributed by atoms with Crippen LogP contribution >= 0.6 is 11.6 Å². The van der Waals surface area contributed by atoms with Crippen molar-refractivity contribution in [1.29, 1.82) is 0 Å². The van der Waals surface area contributed by atoms with E-state index < -0.39 is 44.4 Å². The van der Waals surface area contributed by atoms with E-state index in [2.05, 4.69) is 10.1 Å². The normalized spacial score (nSPS) is 28.8. The second kappa shape index (κ2) is 5.19. The molecule has 4 atom stereocenters. The van der Waals surface area contributed by atoms with Crippen LogP contribution in [0.15, 0.2) is 23.4 Å². The van der Waals surface area contributed by atoms with Crippen molar-refractivity contribution in [3.05, 3.63) is 40.4 Å². The molecule has 10 heteroatoms. The zero-order chi connectivity index (χ0) is 17.2. The molecule has 1 saturated carbocycles. The first-order valence-electron chi connectivity index (χ1n) is 7.22. The van der Waals surface area contributed by atoms with E-state index in [1.165, 1.54) is 12.1 Å². The lowest BCUT2D eigenvalue weighted by atomic mass is 10.0. The first-order chi connectivity index (χ1) is 11.3. The van der Waals surface area contributed by atoms with Crippen molar-refractivity contribution in [2.75, 3.05) is 0 Å². The number of benzene rings is 1. The fourth-order valence-corrected chi connectivity index (χ4v) is 4.67. The van der Waals surface area contributed by atoms with Gasteiger partial charge in [0.15, 0.2) is 12.0 Å². The fourth-order valence-electron chi connectivity index (χ4n) is 2.92. The Morgan fingerprint density at radius 3 is 2.54 bits per heavy atom. The van der Waals surface area contributed by atoms with Crippen LogP contribution in [-0.4, -0.2) is 34.6 Å². The monoisotopic (exact) mass is 377 g/mol. The molecule has 0 radical (unpaired) electrons. The Kier molecular flexibility index (Phi) is 3.44. The number of aromatic nitrogens is 3. The standard InChI is InChI=1S/C14H11ClF3N3O2S/c15-7-1-6(2-8(16)3-7)11-4-10(18)13-19-14(20-21(11)13)24(22,23)12-5-9(12)17/h1-3,9-12H,4-5H2/t9-,10-,11-,12-/m0/s1. The van der Waals surface area contributed by atoms with Crippen molar-refractivity contribution in [1.82, 2.24) is 14.8 Å². The second-order valence-corrected chi connectivity index (χ2v) is 8.45. The molecule has 0 bridgehead atoms. The van der Waals surface area contributed by atoms with Gasteiger partial charge in [-0.05, 0) is 30.2 Å². The summed E-state index contributed by atoms with van der Waals surface area (Å²) < 4.78 is 66.4. The number of fused-ring (bicyclic) bond motifs is 1. The minimum absolute atomic E-state index is 0.0510. The Labute approximate surface area is 140 Å². The number of nitrogens with zero attached hydrogens (tertiary/aromatic N) is 3. The maximum absolute atomic E-state index is 14.2. The Morgan fingerprint density at radius 1 is 1.21 bits per heavy atom. The van der Waals surface area contributed by atoms with Crippen molar-refractivity contribution in [2.45, 2.75) is 41.6 Å². The highest BCUT2D eigenvalue weighted by atomic mass is 35.5. The molecule has 4 rings (SSSR count). The summed E-state index contributed by atoms with van der Waals surface area (Å²) in [6, 6.07) is 3.04. The van der Waals surface area contributed by atoms with E-state index in [4.69, 9.17) is 11.6 Å². The zero-order valence-electron chi connectivity index (χ0n) is 12.0. The predicted octanol–water partition coefficient (Wildman–Crippen LogP) is 2.96. The minimum atomic E-state index is -4.02. The molecule has 0 amide bonds. The van der Waals surface area contributed by atoms with E-state index in [9.17, 15) is 21.6 Å². The Morgan fingerprint density at radius 2 is 1.92 bits per heavy atom. The van der Waals surface area contributed by atoms with Crippen molar-refractivity contribution >= 4 is 21.4 Å². The van der Waals surface area contributed by atoms with Gasteiger partial charge in [-0.2, -0.15) is 4.98 Å². The number of hydrogen-bond acceptors (Lipinski definition) is 4. The number of sulfone groups is 1. The summed E-state index contributed by atoms with van der Waals surface area (Å²) in [5.74, 6) is -0.748. The maximum Gasteiger partial charge on any atom is 0.267 e. The molecule has 0 spiro atoms. The molecule has 1 aliphatic carbocycles. The molecule has 2 aromatic rings. The number of rotatable bonds is 3. The smallest absolute Gasteiger partial charge is 0.246 e. The summed E-state index contributed by atoms with van der Waals surface area (Å²) in [5, 5.41) is 2.26. The Hall–Kier alpha value is -1.61. The van der Waals surface area contributed by atoms with Gasteiger partial charge in [-0.15, -0.1) is 5.10 Å². The van der Waals surface area contributed by atoms with Crippen molar-refractivity contribution < 1.29 is 21.6 Å². The van der Waals surface area contributed by atoms with E-state index in [1.807, 2.05) is 0 Å². The molecule has 5 nitrogen and oxygen atoms in total. The topological polar surface area (TPSA) is 64.8 Å².